The van der Waals surface area contributed by atoms with E-state index in [1.807, 2.05) is 0 Å². The number of ether oxygens (including phenoxy) is 1. The van der Waals surface area contributed by atoms with E-state index in [2.05, 4.69) is 0 Å². The fourth-order valence-corrected chi connectivity index (χ4v) is 4.39. The van der Waals surface area contributed by atoms with Gasteiger partial charge < -0.3 is 9.64 Å². The zero-order chi connectivity index (χ0) is 17.1. The van der Waals surface area contributed by atoms with Gasteiger partial charge in [0.15, 0.2) is 5.78 Å². The molecule has 2 aliphatic rings. The molecule has 1 saturated heterocycles. The van der Waals surface area contributed by atoms with Crippen LogP contribution in [0.25, 0.3) is 0 Å². The number of esters is 1. The topological polar surface area (TPSA) is 63.7 Å². The first-order chi connectivity index (χ1) is 11.6. The van der Waals surface area contributed by atoms with Crippen molar-refractivity contribution in [1.82, 2.24) is 4.90 Å². The Bertz CT molecular complexity index is 673. The van der Waals surface area contributed by atoms with Crippen LogP contribution in [0.1, 0.15) is 46.9 Å². The average Bonchev–Trinajstić information content (AvgIpc) is 2.61. The third-order valence-electron chi connectivity index (χ3n) is 4.45. The van der Waals surface area contributed by atoms with Gasteiger partial charge in [0.1, 0.15) is 0 Å². The number of carbonyl (C=O) groups excluding carboxylic acids is 3. The van der Waals surface area contributed by atoms with Gasteiger partial charge in [-0.2, -0.15) is 0 Å². The molecule has 128 valence electrons. The normalized spacial score (nSPS) is 20.5. The van der Waals surface area contributed by atoms with Crippen LogP contribution in [-0.2, 0) is 9.53 Å². The lowest BCUT2D eigenvalue weighted by molar-refractivity contribution is -0.149. The standard InChI is InChI=1S/C18H21NO4S/c1-2-23-18(22)12-5-4-9-19(11-12)17(21)14-7-3-6-13-15(20)8-10-24-16(13)14/h3,6-7,12H,2,4-5,8-11H2,1H3. The highest BCUT2D eigenvalue weighted by atomic mass is 32.2. The number of thioether (sulfide) groups is 1. The number of rotatable bonds is 3. The maximum atomic E-state index is 13.0. The predicted octanol–water partition coefficient (Wildman–Crippen LogP) is 2.78. The summed E-state index contributed by atoms with van der Waals surface area (Å²) in [5.74, 6) is 0.234. The number of piperidine rings is 1. The summed E-state index contributed by atoms with van der Waals surface area (Å²) < 4.78 is 5.09. The molecule has 2 heterocycles. The Balaban J connectivity index is 1.81. The third kappa shape index (κ3) is 3.34. The zero-order valence-electron chi connectivity index (χ0n) is 13.7. The highest BCUT2D eigenvalue weighted by molar-refractivity contribution is 7.99. The van der Waals surface area contributed by atoms with Crippen LogP contribution in [0.2, 0.25) is 0 Å². The molecule has 3 rings (SSSR count). The molecule has 2 aliphatic heterocycles. The van der Waals surface area contributed by atoms with Crippen LogP contribution in [-0.4, -0.2) is 48.0 Å². The molecule has 5 nitrogen and oxygen atoms in total. The molecule has 1 aromatic rings. The second-order valence-electron chi connectivity index (χ2n) is 6.05. The number of nitrogens with zero attached hydrogens (tertiary/aromatic N) is 1. The SMILES string of the molecule is CCOC(=O)C1CCCN(C(=O)c2cccc3c2SCCC3=O)C1. The summed E-state index contributed by atoms with van der Waals surface area (Å²) in [7, 11) is 0. The van der Waals surface area contributed by atoms with E-state index in [9.17, 15) is 14.4 Å². The molecule has 1 aromatic carbocycles. The van der Waals surface area contributed by atoms with Crippen molar-refractivity contribution in [2.24, 2.45) is 5.92 Å². The number of hydrogen-bond acceptors (Lipinski definition) is 5. The number of benzene rings is 1. The monoisotopic (exact) mass is 347 g/mol. The lowest BCUT2D eigenvalue weighted by Gasteiger charge is -2.32. The van der Waals surface area contributed by atoms with Crippen LogP contribution in [0, 0.1) is 5.92 Å². The number of Topliss-reactive ketones (excluding diaryl/α,β-unsaturated/α-hetero) is 1. The van der Waals surface area contributed by atoms with E-state index < -0.39 is 0 Å². The minimum absolute atomic E-state index is 0.0944. The lowest BCUT2D eigenvalue weighted by Crippen LogP contribution is -2.43. The Labute approximate surface area is 145 Å². The van der Waals surface area contributed by atoms with Crippen molar-refractivity contribution in [2.45, 2.75) is 31.1 Å². The van der Waals surface area contributed by atoms with Gasteiger partial charge in [0.25, 0.3) is 5.91 Å². The molecule has 0 radical (unpaired) electrons. The van der Waals surface area contributed by atoms with Crippen molar-refractivity contribution in [3.63, 3.8) is 0 Å². The van der Waals surface area contributed by atoms with Gasteiger partial charge in [-0.25, -0.2) is 0 Å². The van der Waals surface area contributed by atoms with Gasteiger partial charge in [-0.05, 0) is 25.8 Å². The van der Waals surface area contributed by atoms with Crippen molar-refractivity contribution in [1.29, 1.82) is 0 Å². The van der Waals surface area contributed by atoms with Gasteiger partial charge in [0.2, 0.25) is 0 Å². The van der Waals surface area contributed by atoms with Crippen molar-refractivity contribution < 1.29 is 19.1 Å². The summed E-state index contributed by atoms with van der Waals surface area (Å²) in [4.78, 5) is 39.5. The summed E-state index contributed by atoms with van der Waals surface area (Å²) in [5.41, 5.74) is 1.23. The first kappa shape index (κ1) is 17.0. The maximum Gasteiger partial charge on any atom is 0.310 e. The third-order valence-corrected chi connectivity index (χ3v) is 5.59. The van der Waals surface area contributed by atoms with Gasteiger partial charge in [0, 0.05) is 35.7 Å². The maximum absolute atomic E-state index is 13.0. The van der Waals surface area contributed by atoms with Crippen molar-refractivity contribution in [2.75, 3.05) is 25.4 Å². The van der Waals surface area contributed by atoms with Gasteiger partial charge >= 0.3 is 5.97 Å². The quantitative estimate of drug-likeness (QED) is 0.787. The Morgan fingerprint density at radius 1 is 1.38 bits per heavy atom. The number of hydrogen-bond donors (Lipinski definition) is 0. The summed E-state index contributed by atoms with van der Waals surface area (Å²) in [6.07, 6.45) is 2.06. The number of amides is 1. The van der Waals surface area contributed by atoms with Gasteiger partial charge in [-0.3, -0.25) is 14.4 Å². The lowest BCUT2D eigenvalue weighted by atomic mass is 9.97. The van der Waals surface area contributed by atoms with E-state index in [0.717, 1.165) is 17.7 Å². The van der Waals surface area contributed by atoms with Crippen molar-refractivity contribution >= 4 is 29.4 Å². The highest BCUT2D eigenvalue weighted by Gasteiger charge is 2.32. The fraction of sp³-hybridized carbons (Fsp3) is 0.500. The highest BCUT2D eigenvalue weighted by Crippen LogP contribution is 2.34. The number of carbonyl (C=O) groups is 3. The molecule has 1 unspecified atom stereocenters. The van der Waals surface area contributed by atoms with Crippen LogP contribution >= 0.6 is 11.8 Å². The molecule has 6 heteroatoms. The summed E-state index contributed by atoms with van der Waals surface area (Å²) in [6.45, 7) is 3.17. The number of ketones is 1. The molecule has 0 spiro atoms. The molecular formula is C18H21NO4S. The fourth-order valence-electron chi connectivity index (χ4n) is 3.25. The van der Waals surface area contributed by atoms with E-state index >= 15 is 0 Å². The Hall–Kier alpha value is -1.82. The second-order valence-corrected chi connectivity index (χ2v) is 7.15. The van der Waals surface area contributed by atoms with Crippen LogP contribution in [0.3, 0.4) is 0 Å². The molecule has 1 atom stereocenters. The second kappa shape index (κ2) is 7.38. The van der Waals surface area contributed by atoms with Crippen LogP contribution in [0.5, 0.6) is 0 Å². The summed E-state index contributed by atoms with van der Waals surface area (Å²) >= 11 is 1.57. The van der Waals surface area contributed by atoms with Gasteiger partial charge in [-0.1, -0.05) is 12.1 Å². The molecule has 1 amide bonds. The van der Waals surface area contributed by atoms with Crippen LogP contribution in [0.15, 0.2) is 23.1 Å². The van der Waals surface area contributed by atoms with Crippen LogP contribution < -0.4 is 0 Å². The Morgan fingerprint density at radius 2 is 2.21 bits per heavy atom. The van der Waals surface area contributed by atoms with E-state index in [1.165, 1.54) is 0 Å². The van der Waals surface area contributed by atoms with E-state index in [0.29, 0.717) is 43.0 Å². The minimum atomic E-state index is -0.253. The largest absolute Gasteiger partial charge is 0.466 e. The zero-order valence-corrected chi connectivity index (χ0v) is 14.6. The molecule has 24 heavy (non-hydrogen) atoms. The molecule has 0 N–H and O–H groups in total. The Morgan fingerprint density at radius 3 is 3.00 bits per heavy atom. The smallest absolute Gasteiger partial charge is 0.310 e. The van der Waals surface area contributed by atoms with E-state index in [-0.39, 0.29) is 23.6 Å². The molecule has 0 saturated carbocycles. The Kier molecular flexibility index (Phi) is 5.23. The average molecular weight is 347 g/mol. The summed E-state index contributed by atoms with van der Waals surface area (Å²) in [6, 6.07) is 5.33. The summed E-state index contributed by atoms with van der Waals surface area (Å²) in [5, 5.41) is 0. The van der Waals surface area contributed by atoms with Crippen LogP contribution in [0.4, 0.5) is 0 Å². The molecule has 0 aliphatic carbocycles. The van der Waals surface area contributed by atoms with Gasteiger partial charge in [0.05, 0.1) is 18.1 Å². The molecule has 0 aromatic heterocycles. The van der Waals surface area contributed by atoms with Crippen molar-refractivity contribution in [3.05, 3.63) is 29.3 Å². The number of fused-ring (bicyclic) bond motifs is 1. The molecule has 1 fully saturated rings. The first-order valence-electron chi connectivity index (χ1n) is 8.36. The predicted molar refractivity (Wildman–Crippen MR) is 91.4 cm³/mol. The van der Waals surface area contributed by atoms with Gasteiger partial charge in [-0.15, -0.1) is 11.8 Å². The van der Waals surface area contributed by atoms with Crippen molar-refractivity contribution in [3.8, 4) is 0 Å². The molecular weight excluding hydrogens is 326 g/mol. The van der Waals surface area contributed by atoms with E-state index in [4.69, 9.17) is 4.74 Å². The number of likely N-dealkylation sites (tertiary alicyclic amines) is 1. The van der Waals surface area contributed by atoms with E-state index in [1.54, 1.807) is 41.8 Å². The first-order valence-corrected chi connectivity index (χ1v) is 9.35. The molecule has 0 bridgehead atoms. The minimum Gasteiger partial charge on any atom is -0.466 e.